The average molecular weight is 714 g/mol. The van der Waals surface area contributed by atoms with E-state index in [1.54, 1.807) is 0 Å². The lowest BCUT2D eigenvalue weighted by molar-refractivity contribution is -0.121. The summed E-state index contributed by atoms with van der Waals surface area (Å²) in [4.78, 5) is 44.4. The van der Waals surface area contributed by atoms with Gasteiger partial charge in [-0.25, -0.2) is 24.1 Å². The van der Waals surface area contributed by atoms with Crippen molar-refractivity contribution < 1.29 is 67.0 Å². The number of phosphoric acid groups is 2. The molecule has 0 bridgehead atoms. The number of aromatic nitrogens is 4. The van der Waals surface area contributed by atoms with E-state index in [1.807, 2.05) is 0 Å². The number of carbonyl (C=O) groups is 1. The molecule has 9 atom stereocenters. The van der Waals surface area contributed by atoms with Crippen LogP contribution in [0.4, 0.5) is 5.82 Å². The molecule has 2 saturated heterocycles. The Morgan fingerprint density at radius 2 is 1.68 bits per heavy atom. The van der Waals surface area contributed by atoms with E-state index in [1.165, 1.54) is 17.2 Å². The van der Waals surface area contributed by atoms with Crippen molar-refractivity contribution in [1.29, 1.82) is 0 Å². The average Bonchev–Trinajstić information content (AvgIpc) is 3.68. The van der Waals surface area contributed by atoms with E-state index >= 15 is 0 Å². The quantitative estimate of drug-likeness (QED) is 0.0576. The van der Waals surface area contributed by atoms with E-state index in [-0.39, 0.29) is 18.2 Å². The van der Waals surface area contributed by atoms with Gasteiger partial charge in [-0.05, 0) is 25.8 Å². The molecule has 2 aliphatic heterocycles. The SMILES string of the molecule is NCCCCCC(=O)NCCCNc1ncnc2c1ncn2[C@@H]1O[C@H](COP(=O)(O)OP(=O)(O)OC[C@H]2OC[C@H](O)[C@@H]2O)[C@@H](O)[C@H]1O. The fourth-order valence-corrected chi connectivity index (χ4v) is 6.90. The van der Waals surface area contributed by atoms with Gasteiger partial charge in [0, 0.05) is 19.5 Å². The van der Waals surface area contributed by atoms with Crippen molar-refractivity contribution in [3.05, 3.63) is 12.7 Å². The normalized spacial score (nSPS) is 28.7. The van der Waals surface area contributed by atoms with Crippen LogP contribution in [0.3, 0.4) is 0 Å². The number of hydrogen-bond acceptors (Lipinski definition) is 17. The summed E-state index contributed by atoms with van der Waals surface area (Å²) in [7, 11) is -10.5. The Hall–Kier alpha value is -2.20. The van der Waals surface area contributed by atoms with Gasteiger partial charge in [-0.15, -0.1) is 0 Å². The number of anilines is 1. The zero-order chi connectivity index (χ0) is 34.2. The van der Waals surface area contributed by atoms with Crippen LogP contribution in [-0.2, 0) is 36.8 Å². The van der Waals surface area contributed by atoms with E-state index in [4.69, 9.17) is 19.7 Å². The van der Waals surface area contributed by atoms with Gasteiger partial charge in [-0.3, -0.25) is 18.4 Å². The topological polar surface area (TPSA) is 312 Å². The molecule has 4 heterocycles. The van der Waals surface area contributed by atoms with Crippen LogP contribution in [0.25, 0.3) is 11.2 Å². The number of ether oxygens (including phenoxy) is 2. The predicted molar refractivity (Wildman–Crippen MR) is 159 cm³/mol. The number of rotatable bonds is 19. The van der Waals surface area contributed by atoms with Gasteiger partial charge in [0.1, 0.15) is 43.0 Å². The van der Waals surface area contributed by atoms with Gasteiger partial charge in [-0.2, -0.15) is 4.31 Å². The molecule has 0 aromatic carbocycles. The fraction of sp³-hybridized carbons (Fsp3) is 0.750. The Labute approximate surface area is 268 Å². The zero-order valence-electron chi connectivity index (χ0n) is 25.2. The molecule has 1 amide bonds. The zero-order valence-corrected chi connectivity index (χ0v) is 27.0. The summed E-state index contributed by atoms with van der Waals surface area (Å²) in [5.41, 5.74) is 6.00. The maximum atomic E-state index is 12.3. The first-order valence-corrected chi connectivity index (χ1v) is 17.8. The van der Waals surface area contributed by atoms with Crippen LogP contribution in [0, 0.1) is 0 Å². The van der Waals surface area contributed by atoms with Crippen LogP contribution in [0.2, 0.25) is 0 Å². The number of hydrogen-bond donors (Lipinski definition) is 9. The summed E-state index contributed by atoms with van der Waals surface area (Å²) in [5, 5.41) is 46.4. The highest BCUT2D eigenvalue weighted by atomic mass is 31.3. The van der Waals surface area contributed by atoms with Crippen LogP contribution < -0.4 is 16.4 Å². The molecule has 4 rings (SSSR count). The third kappa shape index (κ3) is 10.4. The van der Waals surface area contributed by atoms with E-state index in [0.717, 1.165) is 19.3 Å². The maximum Gasteiger partial charge on any atom is 0.481 e. The molecule has 2 aliphatic rings. The molecule has 2 aromatic rings. The van der Waals surface area contributed by atoms with Gasteiger partial charge in [0.2, 0.25) is 5.91 Å². The summed E-state index contributed by atoms with van der Waals surface area (Å²) in [6.45, 7) is -0.359. The molecule has 47 heavy (non-hydrogen) atoms. The predicted octanol–water partition coefficient (Wildman–Crippen LogP) is -1.75. The summed E-state index contributed by atoms with van der Waals surface area (Å²) in [6.07, 6.45) is -3.59. The molecule has 0 aliphatic carbocycles. The van der Waals surface area contributed by atoms with Crippen molar-refractivity contribution in [2.45, 2.75) is 75.0 Å². The molecule has 266 valence electrons. The van der Waals surface area contributed by atoms with Crippen LogP contribution in [0.5, 0.6) is 0 Å². The minimum atomic E-state index is -5.30. The van der Waals surface area contributed by atoms with Crippen LogP contribution in [-0.4, -0.2) is 132 Å². The van der Waals surface area contributed by atoms with E-state index in [2.05, 4.69) is 34.4 Å². The number of nitrogens with zero attached hydrogens (tertiary/aromatic N) is 4. The Morgan fingerprint density at radius 3 is 2.36 bits per heavy atom. The lowest BCUT2D eigenvalue weighted by Crippen LogP contribution is -2.33. The number of carbonyl (C=O) groups excluding carboxylic acids is 1. The van der Waals surface area contributed by atoms with Gasteiger partial charge in [0.05, 0.1) is 26.1 Å². The highest BCUT2D eigenvalue weighted by molar-refractivity contribution is 7.61. The Kier molecular flexibility index (Phi) is 13.6. The standard InChI is InChI=1S/C24H41N7O14P2/c25-6-3-1-2-5-17(33)26-7-4-8-27-22-18-23(29-12-28-22)31(13-30-18)24-21(36)20(35)16(44-24)11-43-47(39,40)45-46(37,38)42-10-15-19(34)14(32)9-41-15/h12-16,19-21,24,32,34-36H,1-11,25H2,(H,26,33)(H,37,38)(H,39,40)(H,27,28,29)/t14-,15+,16+,19-,20+,21+,24+/m0/s1. The number of aliphatic hydroxyl groups is 4. The molecule has 0 spiro atoms. The molecular formula is C24H41N7O14P2. The number of fused-ring (bicyclic) bond motifs is 1. The van der Waals surface area contributed by atoms with Crippen molar-refractivity contribution in [1.82, 2.24) is 24.8 Å². The second-order valence-corrected chi connectivity index (χ2v) is 13.9. The largest absolute Gasteiger partial charge is 0.481 e. The molecule has 2 fully saturated rings. The monoisotopic (exact) mass is 713 g/mol. The van der Waals surface area contributed by atoms with Gasteiger partial charge >= 0.3 is 15.6 Å². The van der Waals surface area contributed by atoms with Crippen molar-refractivity contribution in [2.75, 3.05) is 44.8 Å². The van der Waals surface area contributed by atoms with E-state index in [0.29, 0.717) is 43.8 Å². The van der Waals surface area contributed by atoms with Gasteiger partial charge in [-0.1, -0.05) is 6.42 Å². The van der Waals surface area contributed by atoms with Crippen molar-refractivity contribution in [2.24, 2.45) is 5.73 Å². The number of amides is 1. The third-order valence-electron chi connectivity index (χ3n) is 7.31. The van der Waals surface area contributed by atoms with E-state index < -0.39 is 71.7 Å². The second kappa shape index (κ2) is 17.0. The highest BCUT2D eigenvalue weighted by Crippen LogP contribution is 2.60. The number of aliphatic hydroxyl groups excluding tert-OH is 4. The lowest BCUT2D eigenvalue weighted by atomic mass is 10.1. The minimum Gasteiger partial charge on any atom is -0.388 e. The first kappa shape index (κ1) is 37.6. The molecule has 0 radical (unpaired) electrons. The minimum absolute atomic E-state index is 0.0308. The number of nitrogens with two attached hydrogens (primary N) is 1. The van der Waals surface area contributed by atoms with Crippen LogP contribution in [0.15, 0.2) is 12.7 Å². The van der Waals surface area contributed by atoms with Gasteiger partial charge in [0.25, 0.3) is 0 Å². The van der Waals surface area contributed by atoms with Crippen molar-refractivity contribution in [3.63, 3.8) is 0 Å². The van der Waals surface area contributed by atoms with Gasteiger partial charge in [0.15, 0.2) is 23.2 Å². The first-order chi connectivity index (χ1) is 22.3. The maximum absolute atomic E-state index is 12.3. The number of imidazole rings is 1. The molecule has 21 nitrogen and oxygen atoms in total. The lowest BCUT2D eigenvalue weighted by Gasteiger charge is -2.20. The van der Waals surface area contributed by atoms with Crippen LogP contribution >= 0.6 is 15.6 Å². The fourth-order valence-electron chi connectivity index (χ4n) is 4.81. The second-order valence-electron chi connectivity index (χ2n) is 10.9. The molecular weight excluding hydrogens is 672 g/mol. The summed E-state index contributed by atoms with van der Waals surface area (Å²) < 4.78 is 50.0. The van der Waals surface area contributed by atoms with Gasteiger partial charge < -0.3 is 56.1 Å². The number of phosphoric ester groups is 2. The van der Waals surface area contributed by atoms with Crippen molar-refractivity contribution >= 4 is 38.5 Å². The molecule has 10 N–H and O–H groups in total. The Balaban J connectivity index is 1.27. The first-order valence-electron chi connectivity index (χ1n) is 14.9. The molecule has 2 aromatic heterocycles. The smallest absolute Gasteiger partial charge is 0.388 e. The van der Waals surface area contributed by atoms with E-state index in [9.17, 15) is 44.1 Å². The molecule has 0 saturated carbocycles. The Bertz CT molecular complexity index is 1420. The van der Waals surface area contributed by atoms with Crippen molar-refractivity contribution in [3.8, 4) is 0 Å². The number of nitrogens with one attached hydrogen (secondary N) is 2. The van der Waals surface area contributed by atoms with Crippen LogP contribution in [0.1, 0.15) is 38.3 Å². The molecule has 2 unspecified atom stereocenters. The summed E-state index contributed by atoms with van der Waals surface area (Å²) >= 11 is 0. The highest BCUT2D eigenvalue weighted by Gasteiger charge is 2.46. The molecule has 23 heteroatoms. The Morgan fingerprint density at radius 1 is 0.957 bits per heavy atom. The number of unbranched alkanes of at least 4 members (excludes halogenated alkanes) is 2. The third-order valence-corrected chi connectivity index (χ3v) is 9.91. The summed E-state index contributed by atoms with van der Waals surface area (Å²) in [6, 6.07) is 0. The summed E-state index contributed by atoms with van der Waals surface area (Å²) in [5.74, 6) is 0.339.